The predicted octanol–water partition coefficient (Wildman–Crippen LogP) is 1.25. The van der Waals surface area contributed by atoms with Crippen LogP contribution in [-0.4, -0.2) is 21.0 Å². The van der Waals surface area contributed by atoms with E-state index in [2.05, 4.69) is 9.97 Å². The fourth-order valence-electron chi connectivity index (χ4n) is 1.26. The maximum Gasteiger partial charge on any atom is 0.372 e. The minimum absolute atomic E-state index is 0.308. The zero-order valence-corrected chi connectivity index (χ0v) is 8.72. The van der Waals surface area contributed by atoms with Crippen LogP contribution in [0.2, 0.25) is 0 Å². The Morgan fingerprint density at radius 3 is 3.00 bits per heavy atom. The molecule has 2 aromatic rings. The summed E-state index contributed by atoms with van der Waals surface area (Å²) in [5, 5.41) is 9.16. The first-order valence-corrected chi connectivity index (χ1v) is 5.19. The van der Waals surface area contributed by atoms with E-state index in [1.54, 1.807) is 6.07 Å². The van der Waals surface area contributed by atoms with E-state index >= 15 is 0 Å². The molecule has 6 heteroatoms. The van der Waals surface area contributed by atoms with Gasteiger partial charge in [-0.25, -0.2) is 9.78 Å². The van der Waals surface area contributed by atoms with Crippen molar-refractivity contribution in [3.05, 3.63) is 27.1 Å². The molecule has 0 spiro atoms. The summed E-state index contributed by atoms with van der Waals surface area (Å²) >= 11 is 1.35. The number of H-pyrrole nitrogens is 1. The van der Waals surface area contributed by atoms with Crippen LogP contribution < -0.4 is 5.56 Å². The average molecular weight is 224 g/mol. The third-order valence-electron chi connectivity index (χ3n) is 2.00. The highest BCUT2D eigenvalue weighted by Crippen LogP contribution is 2.21. The Bertz CT molecular complexity index is 585. The minimum Gasteiger partial charge on any atom is -0.475 e. The number of hydrogen-bond acceptors (Lipinski definition) is 4. The molecule has 0 fully saturated rings. The molecule has 0 amide bonds. The molecule has 0 aliphatic carbocycles. The summed E-state index contributed by atoms with van der Waals surface area (Å²) in [5.41, 5.74) is -0.395. The summed E-state index contributed by atoms with van der Waals surface area (Å²) in [6.07, 6.45) is 0.808. The average Bonchev–Trinajstić information content (AvgIpc) is 2.61. The van der Waals surface area contributed by atoms with Gasteiger partial charge in [-0.05, 0) is 12.5 Å². The molecule has 0 radical (unpaired) electrons. The monoisotopic (exact) mass is 224 g/mol. The fraction of sp³-hybridized carbons (Fsp3) is 0.222. The number of thiophene rings is 1. The van der Waals surface area contributed by atoms with Crippen LogP contribution in [0.1, 0.15) is 22.4 Å². The Morgan fingerprint density at radius 1 is 1.67 bits per heavy atom. The molecule has 0 saturated carbocycles. The van der Waals surface area contributed by atoms with Crippen LogP contribution in [0.5, 0.6) is 0 Å². The molecule has 0 atom stereocenters. The lowest BCUT2D eigenvalue weighted by Crippen LogP contribution is -2.14. The topological polar surface area (TPSA) is 83.0 Å². The standard InChI is InChI=1S/C9H8N2O3S/c1-2-4-3-5-7(12)10-6(9(13)14)11-8(5)15-4/h3H,2H2,1H3,(H,13,14)(H,10,11,12). The van der Waals surface area contributed by atoms with Crippen molar-refractivity contribution in [1.29, 1.82) is 0 Å². The van der Waals surface area contributed by atoms with Crippen LogP contribution in [-0.2, 0) is 6.42 Å². The van der Waals surface area contributed by atoms with Gasteiger partial charge in [-0.15, -0.1) is 11.3 Å². The third kappa shape index (κ3) is 1.63. The van der Waals surface area contributed by atoms with E-state index in [1.165, 1.54) is 11.3 Å². The third-order valence-corrected chi connectivity index (χ3v) is 3.18. The maximum absolute atomic E-state index is 11.5. The first-order chi connectivity index (χ1) is 7.11. The number of nitrogens with zero attached hydrogens (tertiary/aromatic N) is 1. The highest BCUT2D eigenvalue weighted by molar-refractivity contribution is 7.18. The van der Waals surface area contributed by atoms with Gasteiger partial charge in [0.25, 0.3) is 5.56 Å². The number of aromatic carboxylic acids is 1. The van der Waals surface area contributed by atoms with E-state index in [0.29, 0.717) is 10.2 Å². The Labute approximate surface area is 88.4 Å². The highest BCUT2D eigenvalue weighted by Gasteiger charge is 2.11. The summed E-state index contributed by atoms with van der Waals surface area (Å²) < 4.78 is 0. The van der Waals surface area contributed by atoms with Gasteiger partial charge < -0.3 is 10.1 Å². The van der Waals surface area contributed by atoms with Crippen molar-refractivity contribution < 1.29 is 9.90 Å². The highest BCUT2D eigenvalue weighted by atomic mass is 32.1. The molecule has 15 heavy (non-hydrogen) atoms. The lowest BCUT2D eigenvalue weighted by Gasteiger charge is -1.92. The number of aryl methyl sites for hydroxylation is 1. The predicted molar refractivity (Wildman–Crippen MR) is 56.6 cm³/mol. The maximum atomic E-state index is 11.5. The SMILES string of the molecule is CCc1cc2c(=O)[nH]c(C(=O)O)nc2s1. The quantitative estimate of drug-likeness (QED) is 0.804. The van der Waals surface area contributed by atoms with Crippen molar-refractivity contribution >= 4 is 27.5 Å². The summed E-state index contributed by atoms with van der Waals surface area (Å²) in [4.78, 5) is 29.7. The van der Waals surface area contributed by atoms with Gasteiger partial charge in [0.1, 0.15) is 4.83 Å². The number of carboxylic acids is 1. The lowest BCUT2D eigenvalue weighted by atomic mass is 10.3. The molecule has 0 aliphatic rings. The molecule has 2 aromatic heterocycles. The van der Waals surface area contributed by atoms with Crippen LogP contribution in [0.4, 0.5) is 0 Å². The number of hydrogen-bond donors (Lipinski definition) is 2. The van der Waals surface area contributed by atoms with E-state index in [9.17, 15) is 9.59 Å². The Balaban J connectivity index is 2.76. The van der Waals surface area contributed by atoms with Crippen LogP contribution in [0.25, 0.3) is 10.2 Å². The van der Waals surface area contributed by atoms with Crippen molar-refractivity contribution in [3.63, 3.8) is 0 Å². The number of carboxylic acid groups (broad SMARTS) is 1. The second kappa shape index (κ2) is 3.47. The number of rotatable bonds is 2. The summed E-state index contributed by atoms with van der Waals surface area (Å²) in [6.45, 7) is 1.97. The summed E-state index contributed by atoms with van der Waals surface area (Å²) in [7, 11) is 0. The van der Waals surface area contributed by atoms with Crippen LogP contribution >= 0.6 is 11.3 Å². The first kappa shape index (κ1) is 9.85. The van der Waals surface area contributed by atoms with Crippen molar-refractivity contribution in [1.82, 2.24) is 9.97 Å². The molecule has 78 valence electrons. The molecule has 0 aliphatic heterocycles. The van der Waals surface area contributed by atoms with Crippen molar-refractivity contribution in [2.75, 3.05) is 0 Å². The first-order valence-electron chi connectivity index (χ1n) is 4.38. The second-order valence-corrected chi connectivity index (χ2v) is 4.12. The number of nitrogens with one attached hydrogen (secondary N) is 1. The second-order valence-electron chi connectivity index (χ2n) is 3.00. The van der Waals surface area contributed by atoms with E-state index in [0.717, 1.165) is 11.3 Å². The number of fused-ring (bicyclic) bond motifs is 1. The van der Waals surface area contributed by atoms with Crippen molar-refractivity contribution in [2.24, 2.45) is 0 Å². The van der Waals surface area contributed by atoms with Crippen molar-refractivity contribution in [2.45, 2.75) is 13.3 Å². The molecule has 2 heterocycles. The summed E-state index contributed by atoms with van der Waals surface area (Å²) in [5.74, 6) is -1.53. The van der Waals surface area contributed by atoms with Gasteiger partial charge in [-0.2, -0.15) is 0 Å². The molecule has 0 saturated heterocycles. The van der Waals surface area contributed by atoms with E-state index in [-0.39, 0.29) is 5.82 Å². The van der Waals surface area contributed by atoms with E-state index in [4.69, 9.17) is 5.11 Å². The van der Waals surface area contributed by atoms with Gasteiger partial charge in [0.2, 0.25) is 5.82 Å². The largest absolute Gasteiger partial charge is 0.475 e. The molecule has 2 rings (SSSR count). The van der Waals surface area contributed by atoms with Crippen LogP contribution in [0.3, 0.4) is 0 Å². The van der Waals surface area contributed by atoms with Crippen LogP contribution in [0.15, 0.2) is 10.9 Å². The lowest BCUT2D eigenvalue weighted by molar-refractivity contribution is 0.0683. The van der Waals surface area contributed by atoms with Crippen molar-refractivity contribution in [3.8, 4) is 0 Å². The molecular formula is C9H8N2O3S. The molecule has 0 aromatic carbocycles. The van der Waals surface area contributed by atoms with E-state index in [1.807, 2.05) is 6.92 Å². The fourth-order valence-corrected chi connectivity index (χ4v) is 2.22. The zero-order chi connectivity index (χ0) is 11.0. The molecule has 2 N–H and O–H groups in total. The smallest absolute Gasteiger partial charge is 0.372 e. The zero-order valence-electron chi connectivity index (χ0n) is 7.90. The van der Waals surface area contributed by atoms with Crippen LogP contribution in [0, 0.1) is 0 Å². The number of carbonyl (C=O) groups is 1. The normalized spacial score (nSPS) is 10.7. The Hall–Kier alpha value is -1.69. The van der Waals surface area contributed by atoms with Gasteiger partial charge in [-0.3, -0.25) is 4.79 Å². The van der Waals surface area contributed by atoms with Gasteiger partial charge in [0.15, 0.2) is 0 Å². The van der Waals surface area contributed by atoms with E-state index < -0.39 is 11.5 Å². The number of aromatic amines is 1. The summed E-state index contributed by atoms with van der Waals surface area (Å²) in [6, 6.07) is 1.75. The Kier molecular flexibility index (Phi) is 2.28. The molecule has 5 nitrogen and oxygen atoms in total. The van der Waals surface area contributed by atoms with Gasteiger partial charge >= 0.3 is 5.97 Å². The minimum atomic E-state index is -1.22. The Morgan fingerprint density at radius 2 is 2.40 bits per heavy atom. The van der Waals surface area contributed by atoms with Gasteiger partial charge in [0, 0.05) is 4.88 Å². The van der Waals surface area contributed by atoms with Gasteiger partial charge in [0.05, 0.1) is 5.39 Å². The van der Waals surface area contributed by atoms with Gasteiger partial charge in [-0.1, -0.05) is 6.92 Å². The molecule has 0 bridgehead atoms. The number of aromatic nitrogens is 2. The molecular weight excluding hydrogens is 216 g/mol. The molecule has 0 unspecified atom stereocenters.